The number of aromatic nitrogens is 2. The molecular formula is C13H20N4O. The van der Waals surface area contributed by atoms with Crippen LogP contribution in [0.4, 0.5) is 5.82 Å². The maximum atomic E-state index is 12.3. The molecule has 1 aliphatic heterocycles. The minimum absolute atomic E-state index is 0.0415. The first-order chi connectivity index (χ1) is 8.48. The molecule has 1 aromatic heterocycles. The molecule has 5 heteroatoms. The number of carbonyl (C=O) groups excluding carboxylic acids is 1. The first-order valence-electron chi connectivity index (χ1n) is 6.36. The Morgan fingerprint density at radius 1 is 1.28 bits per heavy atom. The van der Waals surface area contributed by atoms with Crippen molar-refractivity contribution in [2.24, 2.45) is 5.41 Å². The first-order valence-corrected chi connectivity index (χ1v) is 6.36. The average molecular weight is 248 g/mol. The van der Waals surface area contributed by atoms with Gasteiger partial charge in [-0.05, 0) is 36.8 Å². The summed E-state index contributed by atoms with van der Waals surface area (Å²) < 4.78 is 0. The molecule has 1 amide bonds. The van der Waals surface area contributed by atoms with Gasteiger partial charge in [0.2, 0.25) is 0 Å². The van der Waals surface area contributed by atoms with Gasteiger partial charge in [-0.15, -0.1) is 10.2 Å². The summed E-state index contributed by atoms with van der Waals surface area (Å²) in [4.78, 5) is 14.1. The van der Waals surface area contributed by atoms with Crippen molar-refractivity contribution in [3.63, 3.8) is 0 Å². The molecule has 2 N–H and O–H groups in total. The highest BCUT2D eigenvalue weighted by atomic mass is 16.2. The third-order valence-electron chi connectivity index (χ3n) is 3.53. The van der Waals surface area contributed by atoms with Crippen molar-refractivity contribution in [2.45, 2.75) is 33.1 Å². The van der Waals surface area contributed by atoms with Gasteiger partial charge < -0.3 is 10.6 Å². The van der Waals surface area contributed by atoms with E-state index in [2.05, 4.69) is 24.0 Å². The van der Waals surface area contributed by atoms with E-state index < -0.39 is 0 Å². The molecule has 0 spiro atoms. The lowest BCUT2D eigenvalue weighted by atomic mass is 9.85. The SMILES string of the molecule is CC1(C)CCCN(C(=O)c2ccc(N)nn2)CC1. The minimum atomic E-state index is -0.0415. The zero-order valence-corrected chi connectivity index (χ0v) is 11.0. The summed E-state index contributed by atoms with van der Waals surface area (Å²) >= 11 is 0. The maximum absolute atomic E-state index is 12.3. The number of rotatable bonds is 1. The van der Waals surface area contributed by atoms with E-state index in [1.54, 1.807) is 12.1 Å². The number of likely N-dealkylation sites (tertiary alicyclic amines) is 1. The largest absolute Gasteiger partial charge is 0.382 e. The van der Waals surface area contributed by atoms with Gasteiger partial charge in [-0.25, -0.2) is 0 Å². The van der Waals surface area contributed by atoms with Crippen molar-refractivity contribution in [1.82, 2.24) is 15.1 Å². The Kier molecular flexibility index (Phi) is 3.50. The fraction of sp³-hybridized carbons (Fsp3) is 0.615. The monoisotopic (exact) mass is 248 g/mol. The van der Waals surface area contributed by atoms with Crippen LogP contribution in [0.25, 0.3) is 0 Å². The van der Waals surface area contributed by atoms with Crippen LogP contribution >= 0.6 is 0 Å². The summed E-state index contributed by atoms with van der Waals surface area (Å²) in [5.41, 5.74) is 6.17. The number of nitrogens with zero attached hydrogens (tertiary/aromatic N) is 3. The zero-order valence-electron chi connectivity index (χ0n) is 11.0. The second-order valence-electron chi connectivity index (χ2n) is 5.65. The lowest BCUT2D eigenvalue weighted by molar-refractivity contribution is 0.0750. The van der Waals surface area contributed by atoms with Crippen LogP contribution in [0.1, 0.15) is 43.6 Å². The second-order valence-corrected chi connectivity index (χ2v) is 5.65. The molecule has 18 heavy (non-hydrogen) atoms. The van der Waals surface area contributed by atoms with Crippen LogP contribution in [0.5, 0.6) is 0 Å². The van der Waals surface area contributed by atoms with Crippen LogP contribution < -0.4 is 5.73 Å². The molecule has 0 radical (unpaired) electrons. The van der Waals surface area contributed by atoms with Crippen LogP contribution in [0.2, 0.25) is 0 Å². The summed E-state index contributed by atoms with van der Waals surface area (Å²) in [6.07, 6.45) is 3.23. The molecule has 1 saturated heterocycles. The van der Waals surface area contributed by atoms with Gasteiger partial charge >= 0.3 is 0 Å². The number of nitrogen functional groups attached to an aromatic ring is 1. The smallest absolute Gasteiger partial charge is 0.274 e. The van der Waals surface area contributed by atoms with E-state index in [-0.39, 0.29) is 5.91 Å². The van der Waals surface area contributed by atoms with Crippen molar-refractivity contribution in [1.29, 1.82) is 0 Å². The Hall–Kier alpha value is -1.65. The fourth-order valence-electron chi connectivity index (χ4n) is 2.24. The van der Waals surface area contributed by atoms with Gasteiger partial charge in [0.05, 0.1) is 0 Å². The molecule has 0 bridgehead atoms. The van der Waals surface area contributed by atoms with Crippen LogP contribution in [-0.4, -0.2) is 34.1 Å². The van der Waals surface area contributed by atoms with Gasteiger partial charge in [-0.3, -0.25) is 4.79 Å². The molecule has 0 atom stereocenters. The quantitative estimate of drug-likeness (QED) is 0.821. The minimum Gasteiger partial charge on any atom is -0.382 e. The maximum Gasteiger partial charge on any atom is 0.274 e. The van der Waals surface area contributed by atoms with Crippen molar-refractivity contribution >= 4 is 11.7 Å². The lowest BCUT2D eigenvalue weighted by Gasteiger charge is -2.23. The summed E-state index contributed by atoms with van der Waals surface area (Å²) in [6.45, 7) is 6.10. The molecule has 0 saturated carbocycles. The van der Waals surface area contributed by atoms with Gasteiger partial charge in [0.25, 0.3) is 5.91 Å². The Morgan fingerprint density at radius 3 is 2.72 bits per heavy atom. The molecule has 98 valence electrons. The second kappa shape index (κ2) is 4.92. The highest BCUT2D eigenvalue weighted by Gasteiger charge is 2.26. The number of carbonyl (C=O) groups is 1. The normalized spacial score (nSPS) is 19.3. The predicted molar refractivity (Wildman–Crippen MR) is 70.0 cm³/mol. The molecular weight excluding hydrogens is 228 g/mol. The number of amides is 1. The van der Waals surface area contributed by atoms with Crippen LogP contribution in [-0.2, 0) is 0 Å². The van der Waals surface area contributed by atoms with Crippen LogP contribution in [0.3, 0.4) is 0 Å². The van der Waals surface area contributed by atoms with E-state index in [9.17, 15) is 4.79 Å². The summed E-state index contributed by atoms with van der Waals surface area (Å²) in [6, 6.07) is 3.25. The van der Waals surface area contributed by atoms with Crippen LogP contribution in [0, 0.1) is 5.41 Å². The number of hydrogen-bond acceptors (Lipinski definition) is 4. The van der Waals surface area contributed by atoms with Gasteiger partial charge in [0.1, 0.15) is 5.82 Å². The topological polar surface area (TPSA) is 72.1 Å². The third-order valence-corrected chi connectivity index (χ3v) is 3.53. The highest BCUT2D eigenvalue weighted by molar-refractivity contribution is 5.92. The predicted octanol–water partition coefficient (Wildman–Crippen LogP) is 1.71. The molecule has 1 aliphatic rings. The number of hydrogen-bond donors (Lipinski definition) is 1. The van der Waals surface area contributed by atoms with Crippen molar-refractivity contribution in [3.05, 3.63) is 17.8 Å². The van der Waals surface area contributed by atoms with Crippen LogP contribution in [0.15, 0.2) is 12.1 Å². The molecule has 0 unspecified atom stereocenters. The van der Waals surface area contributed by atoms with Crippen molar-refractivity contribution in [3.8, 4) is 0 Å². The Labute approximate surface area is 107 Å². The fourth-order valence-corrected chi connectivity index (χ4v) is 2.24. The molecule has 2 rings (SSSR count). The van der Waals surface area contributed by atoms with Gasteiger partial charge in [0.15, 0.2) is 5.69 Å². The molecule has 5 nitrogen and oxygen atoms in total. The van der Waals surface area contributed by atoms with E-state index in [4.69, 9.17) is 5.73 Å². The van der Waals surface area contributed by atoms with Crippen molar-refractivity contribution < 1.29 is 4.79 Å². The lowest BCUT2D eigenvalue weighted by Crippen LogP contribution is -2.33. The third kappa shape index (κ3) is 2.97. The zero-order chi connectivity index (χ0) is 13.2. The number of anilines is 1. The Morgan fingerprint density at radius 2 is 2.06 bits per heavy atom. The van der Waals surface area contributed by atoms with E-state index in [1.807, 2.05) is 4.90 Å². The average Bonchev–Trinajstić information content (AvgIpc) is 2.50. The molecule has 0 aliphatic carbocycles. The van der Waals surface area contributed by atoms with E-state index in [1.165, 1.54) is 0 Å². The summed E-state index contributed by atoms with van der Waals surface area (Å²) in [5, 5.41) is 7.58. The molecule has 1 fully saturated rings. The Balaban J connectivity index is 2.07. The molecule has 1 aromatic rings. The van der Waals surface area contributed by atoms with E-state index in [0.717, 1.165) is 32.4 Å². The number of nitrogens with two attached hydrogens (primary N) is 1. The van der Waals surface area contributed by atoms with E-state index in [0.29, 0.717) is 16.9 Å². The van der Waals surface area contributed by atoms with Gasteiger partial charge in [-0.1, -0.05) is 13.8 Å². The first kappa shape index (κ1) is 12.8. The van der Waals surface area contributed by atoms with E-state index >= 15 is 0 Å². The summed E-state index contributed by atoms with van der Waals surface area (Å²) in [7, 11) is 0. The molecule has 0 aromatic carbocycles. The summed E-state index contributed by atoms with van der Waals surface area (Å²) in [5.74, 6) is 0.295. The Bertz CT molecular complexity index is 427. The van der Waals surface area contributed by atoms with Crippen molar-refractivity contribution in [2.75, 3.05) is 18.8 Å². The standard InChI is InChI=1S/C13H20N4O/c1-13(2)6-3-8-17(9-7-13)12(18)10-4-5-11(14)16-15-10/h4-5H,3,6-9H2,1-2H3,(H2,14,16). The highest BCUT2D eigenvalue weighted by Crippen LogP contribution is 2.30. The van der Waals surface area contributed by atoms with Gasteiger partial charge in [0, 0.05) is 13.1 Å². The van der Waals surface area contributed by atoms with Gasteiger partial charge in [-0.2, -0.15) is 0 Å². The molecule has 2 heterocycles.